The number of aromatic hydroxyl groups is 3. The number of dihydropyridines is 1. The van der Waals surface area contributed by atoms with Gasteiger partial charge in [-0.05, 0) is 147 Å². The van der Waals surface area contributed by atoms with Gasteiger partial charge >= 0.3 is 5.97 Å². The van der Waals surface area contributed by atoms with Crippen LogP contribution in [0.3, 0.4) is 0 Å². The second-order valence-corrected chi connectivity index (χ2v) is 27.3. The molecular weight excluding hydrogens is 1150 g/mol. The number of nitrogens with zero attached hydrogens (tertiary/aromatic N) is 3. The quantitative estimate of drug-likeness (QED) is 0.0230. The molecule has 8 heterocycles. The molecule has 478 valence electrons. The van der Waals surface area contributed by atoms with E-state index < -0.39 is 83.2 Å². The highest BCUT2D eigenvalue weighted by Crippen LogP contribution is 2.56. The summed E-state index contributed by atoms with van der Waals surface area (Å²) < 4.78 is 29.7. The monoisotopic (exact) mass is 1230 g/mol. The van der Waals surface area contributed by atoms with E-state index in [4.69, 9.17) is 29.7 Å². The summed E-state index contributed by atoms with van der Waals surface area (Å²) in [5.41, 5.74) is 8.81. The topological polar surface area (TPSA) is 267 Å². The Balaban J connectivity index is 0.934. The van der Waals surface area contributed by atoms with Crippen LogP contribution in [0.2, 0.25) is 0 Å². The number of fused-ring (bicyclic) bond motifs is 5. The molecule has 1 spiro atoms. The van der Waals surface area contributed by atoms with Gasteiger partial charge in [-0.3, -0.25) is 20.1 Å². The Morgan fingerprint density at radius 3 is 2.74 bits per heavy atom. The number of esters is 1. The van der Waals surface area contributed by atoms with E-state index in [1.807, 2.05) is 37.5 Å². The van der Waals surface area contributed by atoms with Crippen LogP contribution in [0.4, 0.5) is 0 Å². The summed E-state index contributed by atoms with van der Waals surface area (Å²) in [6.45, 7) is 3.69. The van der Waals surface area contributed by atoms with Crippen molar-refractivity contribution >= 4 is 22.8 Å². The first-order valence-corrected chi connectivity index (χ1v) is 33.1. The van der Waals surface area contributed by atoms with E-state index in [9.17, 15) is 25.2 Å². The molecular formula is C72H86N10O9. The number of phenols is 3. The van der Waals surface area contributed by atoms with Crippen LogP contribution < -0.4 is 41.8 Å². The second kappa shape index (κ2) is 25.2. The number of allylic oxidation sites excluding steroid dienone is 3. The maximum absolute atomic E-state index is 13.6. The van der Waals surface area contributed by atoms with Crippen LogP contribution in [0.1, 0.15) is 119 Å². The number of carbonyl (C=O) groups excluding carboxylic acids is 1. The minimum absolute atomic E-state index is 0.00450. The number of nitrogens with one attached hydrogen (secondary N) is 6. The van der Waals surface area contributed by atoms with Crippen molar-refractivity contribution in [1.82, 2.24) is 41.1 Å². The van der Waals surface area contributed by atoms with Gasteiger partial charge in [-0.25, -0.2) is 0 Å². The van der Waals surface area contributed by atoms with Gasteiger partial charge in [-0.1, -0.05) is 67.4 Å². The zero-order chi connectivity index (χ0) is 62.4. The van der Waals surface area contributed by atoms with Gasteiger partial charge < -0.3 is 75.9 Å². The number of guanidine groups is 1. The maximum Gasteiger partial charge on any atom is 0.302 e. The Labute approximate surface area is 532 Å². The van der Waals surface area contributed by atoms with E-state index in [0.717, 1.165) is 79.9 Å². The molecule has 4 bridgehead atoms. The summed E-state index contributed by atoms with van der Waals surface area (Å²) in [6, 6.07) is 14.5. The number of ether oxygens (including phenoxy) is 4. The summed E-state index contributed by atoms with van der Waals surface area (Å²) in [5.74, 6) is 14.1. The summed E-state index contributed by atoms with van der Waals surface area (Å²) in [6.07, 6.45) is 24.9. The molecule has 19 nitrogen and oxygen atoms in total. The average Bonchev–Trinajstić information content (AvgIpc) is 1.54. The largest absolute Gasteiger partial charge is 0.504 e. The van der Waals surface area contributed by atoms with Crippen LogP contribution in [0.25, 0.3) is 10.9 Å². The predicted molar refractivity (Wildman–Crippen MR) is 345 cm³/mol. The van der Waals surface area contributed by atoms with Gasteiger partial charge in [0, 0.05) is 105 Å². The molecule has 3 aromatic heterocycles. The molecule has 5 aromatic rings. The molecule has 9 aliphatic rings. The van der Waals surface area contributed by atoms with Gasteiger partial charge in [0.05, 0.1) is 47.5 Å². The lowest BCUT2D eigenvalue weighted by Crippen LogP contribution is -2.75. The molecule has 12 N–H and O–H groups in total. The van der Waals surface area contributed by atoms with Gasteiger partial charge in [-0.15, -0.1) is 5.92 Å². The summed E-state index contributed by atoms with van der Waals surface area (Å²) >= 11 is 0. The minimum Gasteiger partial charge on any atom is -0.504 e. The molecule has 91 heavy (non-hydrogen) atoms. The number of benzene rings is 2. The lowest BCUT2D eigenvalue weighted by Gasteiger charge is -2.57. The van der Waals surface area contributed by atoms with Crippen LogP contribution in [-0.4, -0.2) is 116 Å². The van der Waals surface area contributed by atoms with Crippen molar-refractivity contribution in [3.63, 3.8) is 0 Å². The number of H-pyrrole nitrogens is 1. The van der Waals surface area contributed by atoms with Crippen LogP contribution in [0, 0.1) is 70.0 Å². The van der Waals surface area contributed by atoms with E-state index in [2.05, 4.69) is 108 Å². The van der Waals surface area contributed by atoms with Crippen molar-refractivity contribution in [3.8, 4) is 52.4 Å². The van der Waals surface area contributed by atoms with Crippen LogP contribution in [0.15, 0.2) is 120 Å². The number of aromatic amines is 1. The maximum atomic E-state index is 13.6. The van der Waals surface area contributed by atoms with Crippen LogP contribution in [0.5, 0.6) is 28.7 Å². The Kier molecular flexibility index (Phi) is 16.8. The van der Waals surface area contributed by atoms with Crippen molar-refractivity contribution in [2.45, 2.75) is 152 Å². The third-order valence-electron chi connectivity index (χ3n) is 21.8. The van der Waals surface area contributed by atoms with E-state index in [1.165, 1.54) is 18.6 Å². The highest BCUT2D eigenvalue weighted by molar-refractivity contribution is 5.83. The van der Waals surface area contributed by atoms with E-state index in [1.54, 1.807) is 24.5 Å². The van der Waals surface area contributed by atoms with E-state index >= 15 is 0 Å². The molecule has 14 rings (SSSR count). The van der Waals surface area contributed by atoms with E-state index in [-0.39, 0.29) is 47.7 Å². The molecule has 2 aromatic carbocycles. The lowest BCUT2D eigenvalue weighted by molar-refractivity contribution is -0.197. The van der Waals surface area contributed by atoms with Gasteiger partial charge in [0.15, 0.2) is 29.0 Å². The number of rotatable bonds is 13. The number of hydrogen-bond donors (Lipinski definition) is 11. The van der Waals surface area contributed by atoms with Gasteiger partial charge in [0.2, 0.25) is 5.75 Å². The molecule has 5 fully saturated rings. The Bertz CT molecular complexity index is 3750. The normalized spacial score (nSPS) is 34.4. The second-order valence-electron chi connectivity index (χ2n) is 27.3. The SMILES string of the molecule is CNCC1CCCC1(CN=C1NC(n2cc3cc[nH]c3c2)C2C(O)NC3CCCCC3C#CCC34Cc5ccc(O)c(c5)OC5CCCC2(N1)C5C#CC3C=CC1C(OC(C)=O)CC(c2cc(O)c(O)c(OCCc3cccnc3)c2)OC14)CC1=CCNC(N)=C1. The molecule has 0 radical (unpaired) electrons. The molecule has 5 aliphatic heterocycles. The highest BCUT2D eigenvalue weighted by Gasteiger charge is 2.61. The number of aliphatic hydroxyl groups excluding tert-OH is 1. The minimum atomic E-state index is -1.09. The number of aromatic nitrogens is 3. The lowest BCUT2D eigenvalue weighted by atomic mass is 9.57. The zero-order valence-electron chi connectivity index (χ0n) is 52.0. The third kappa shape index (κ3) is 11.8. The number of phenolic OH excluding ortho intramolecular Hbond substituents is 3. The average molecular weight is 1240 g/mol. The third-order valence-corrected chi connectivity index (χ3v) is 21.8. The molecule has 4 aliphatic carbocycles. The Morgan fingerprint density at radius 1 is 1.00 bits per heavy atom. The molecule has 3 saturated carbocycles. The van der Waals surface area contributed by atoms with E-state index in [0.29, 0.717) is 80.6 Å². The summed E-state index contributed by atoms with van der Waals surface area (Å²) in [7, 11) is 2.03. The van der Waals surface area contributed by atoms with Gasteiger partial charge in [-0.2, -0.15) is 0 Å². The van der Waals surface area contributed by atoms with Crippen molar-refractivity contribution < 1.29 is 44.2 Å². The summed E-state index contributed by atoms with van der Waals surface area (Å²) in [4.78, 5) is 26.8. The predicted octanol–water partition coefficient (Wildman–Crippen LogP) is 8.16. The Hall–Kier alpha value is -8.07. The molecule has 19 heteroatoms. The van der Waals surface area contributed by atoms with Crippen molar-refractivity contribution in [2.24, 2.45) is 57.1 Å². The first-order valence-electron chi connectivity index (χ1n) is 33.1. The molecule has 16 atom stereocenters. The van der Waals surface area contributed by atoms with Crippen molar-refractivity contribution in [3.05, 3.63) is 132 Å². The Morgan fingerprint density at radius 2 is 1.89 bits per heavy atom. The van der Waals surface area contributed by atoms with Gasteiger partial charge in [0.25, 0.3) is 0 Å². The standard InChI is InChI=1S/C72H86N10O9/c1-43(83)89-60-35-59(49-33-57(85)65(86)62(34-49)88-30-23-44-9-8-27-75-38-44)91-66-52(60)18-16-50-17-19-53-58-14-7-26-72(53)64(68(87)79-54-13-4-3-10-47(54)11-5-25-71(50,66)37-45-15-20-56(84)61(31-45)90-58)67(82-40-48-22-29-76-55(48)41-82)80-69(81-72)78-42-70(24-6-12-51(70)39-74-2)36-46-21-28-77-63(73)32-46/h8-9,15-16,18,20-22,27,29,31-34,38,40-41,47,50-54,58-60,64,66-68,74,76-77,79,84-87H,3-4,6-7,10,12-14,23-26,28,30,35-37,39,42,73H2,1-2H3,(H2,78,80,81). The fourth-order valence-corrected chi connectivity index (χ4v) is 17.4. The molecule has 0 amide bonds. The summed E-state index contributed by atoms with van der Waals surface area (Å²) in [5, 5.41) is 68.3. The number of carbonyl (C=O) groups is 1. The van der Waals surface area contributed by atoms with Crippen molar-refractivity contribution in [2.75, 3.05) is 33.3 Å². The first-order chi connectivity index (χ1) is 44.3. The number of hydrogen-bond acceptors (Lipinski definition) is 15. The smallest absolute Gasteiger partial charge is 0.302 e. The van der Waals surface area contributed by atoms with Gasteiger partial charge in [0.1, 0.15) is 24.6 Å². The van der Waals surface area contributed by atoms with Crippen LogP contribution >= 0.6 is 0 Å². The fraction of sp³-hybridized carbons (Fsp3) is 0.514. The first kappa shape index (κ1) is 60.5. The van der Waals surface area contributed by atoms with Crippen LogP contribution in [-0.2, 0) is 27.1 Å². The number of pyridine rings is 1. The molecule has 16 unspecified atom stereocenters. The fourth-order valence-electron chi connectivity index (χ4n) is 17.4. The highest BCUT2D eigenvalue weighted by atomic mass is 16.6. The zero-order valence-corrected chi connectivity index (χ0v) is 52.0. The number of aliphatic hydroxyl groups is 1. The number of nitrogens with two attached hydrogens (primary N) is 1. The number of aliphatic imine (C=N–C) groups is 1. The van der Waals surface area contributed by atoms with Crippen molar-refractivity contribution in [1.29, 1.82) is 0 Å². The molecule has 2 saturated heterocycles.